The lowest BCUT2D eigenvalue weighted by Crippen LogP contribution is -2.35. The molecule has 18 heavy (non-hydrogen) atoms. The van der Waals surface area contributed by atoms with Gasteiger partial charge in [-0.25, -0.2) is 9.52 Å². The zero-order valence-electron chi connectivity index (χ0n) is 9.43. The van der Waals surface area contributed by atoms with Gasteiger partial charge in [0.1, 0.15) is 5.84 Å². The SMILES string of the molecule is COC(=O)NS(=O)(=O)Nc1cccc(C(=N)N)c1. The summed E-state index contributed by atoms with van der Waals surface area (Å²) >= 11 is 0. The van der Waals surface area contributed by atoms with Crippen molar-refractivity contribution in [2.75, 3.05) is 11.8 Å². The number of hydrogen-bond acceptors (Lipinski definition) is 5. The van der Waals surface area contributed by atoms with E-state index >= 15 is 0 Å². The second kappa shape index (κ2) is 5.36. The van der Waals surface area contributed by atoms with E-state index in [1.54, 1.807) is 10.8 Å². The van der Waals surface area contributed by atoms with Crippen LogP contribution in [-0.4, -0.2) is 27.5 Å². The molecule has 0 unspecified atom stereocenters. The molecule has 0 aliphatic heterocycles. The van der Waals surface area contributed by atoms with Gasteiger partial charge in [0.2, 0.25) is 0 Å². The fourth-order valence-corrected chi connectivity index (χ4v) is 1.87. The standard InChI is InChI=1S/C9H12N4O4S/c1-17-9(14)13-18(15,16)12-7-4-2-3-6(5-7)8(10)11/h2-5,12H,1H3,(H3,10,11)(H,13,14). The number of amides is 1. The Morgan fingerprint density at radius 1 is 1.44 bits per heavy atom. The molecule has 0 saturated heterocycles. The summed E-state index contributed by atoms with van der Waals surface area (Å²) in [6.45, 7) is 0. The van der Waals surface area contributed by atoms with Crippen molar-refractivity contribution in [2.45, 2.75) is 0 Å². The molecule has 0 bridgehead atoms. The summed E-state index contributed by atoms with van der Waals surface area (Å²) in [4.78, 5) is 10.8. The van der Waals surface area contributed by atoms with Crippen molar-refractivity contribution in [3.63, 3.8) is 0 Å². The van der Waals surface area contributed by atoms with Crippen molar-refractivity contribution in [1.29, 1.82) is 5.41 Å². The first kappa shape index (κ1) is 13.8. The molecule has 5 N–H and O–H groups in total. The third-order valence-electron chi connectivity index (χ3n) is 1.83. The number of hydrogen-bond donors (Lipinski definition) is 4. The molecular weight excluding hydrogens is 260 g/mol. The second-order valence-corrected chi connectivity index (χ2v) is 4.61. The van der Waals surface area contributed by atoms with E-state index in [1.165, 1.54) is 18.2 Å². The molecule has 1 aromatic rings. The molecule has 9 heteroatoms. The lowest BCUT2D eigenvalue weighted by molar-refractivity contribution is 0.177. The second-order valence-electron chi connectivity index (χ2n) is 3.19. The van der Waals surface area contributed by atoms with Gasteiger partial charge in [-0.2, -0.15) is 8.42 Å². The lowest BCUT2D eigenvalue weighted by atomic mass is 10.2. The van der Waals surface area contributed by atoms with Crippen molar-refractivity contribution in [1.82, 2.24) is 4.72 Å². The molecule has 1 rings (SSSR count). The Morgan fingerprint density at radius 2 is 2.11 bits per heavy atom. The molecule has 0 heterocycles. The van der Waals surface area contributed by atoms with Crippen LogP contribution in [0, 0.1) is 5.41 Å². The largest absolute Gasteiger partial charge is 0.452 e. The average molecular weight is 272 g/mol. The minimum atomic E-state index is -4.07. The summed E-state index contributed by atoms with van der Waals surface area (Å²) in [7, 11) is -3.03. The quantitative estimate of drug-likeness (QED) is 0.451. The number of benzene rings is 1. The highest BCUT2D eigenvalue weighted by Crippen LogP contribution is 2.11. The molecule has 0 aromatic heterocycles. The maximum Gasteiger partial charge on any atom is 0.422 e. The number of anilines is 1. The van der Waals surface area contributed by atoms with Gasteiger partial charge in [-0.1, -0.05) is 12.1 Å². The Balaban J connectivity index is 2.87. The van der Waals surface area contributed by atoms with E-state index in [9.17, 15) is 13.2 Å². The molecule has 0 radical (unpaired) electrons. The normalized spacial score (nSPS) is 10.5. The maximum absolute atomic E-state index is 11.4. The Morgan fingerprint density at radius 3 is 2.67 bits per heavy atom. The van der Waals surface area contributed by atoms with Crippen LogP contribution in [0.5, 0.6) is 0 Å². The van der Waals surface area contributed by atoms with Crippen LogP contribution in [0.3, 0.4) is 0 Å². The highest BCUT2D eigenvalue weighted by Gasteiger charge is 2.14. The highest BCUT2D eigenvalue weighted by atomic mass is 32.2. The first-order valence-corrected chi connectivity index (χ1v) is 6.15. The van der Waals surface area contributed by atoms with Crippen LogP contribution < -0.4 is 15.2 Å². The maximum atomic E-state index is 11.4. The first-order valence-electron chi connectivity index (χ1n) is 4.67. The summed E-state index contributed by atoms with van der Waals surface area (Å²) in [6.07, 6.45) is -1.11. The van der Waals surface area contributed by atoms with Crippen LogP contribution in [-0.2, 0) is 14.9 Å². The molecule has 0 atom stereocenters. The van der Waals surface area contributed by atoms with E-state index in [1.807, 2.05) is 0 Å². The Hall–Kier alpha value is -2.29. The van der Waals surface area contributed by atoms with E-state index < -0.39 is 16.3 Å². The summed E-state index contributed by atoms with van der Waals surface area (Å²) < 4.78 is 30.8. The predicted molar refractivity (Wildman–Crippen MR) is 65.5 cm³/mol. The van der Waals surface area contributed by atoms with Crippen molar-refractivity contribution < 1.29 is 17.9 Å². The van der Waals surface area contributed by atoms with Crippen LogP contribution in [0.15, 0.2) is 24.3 Å². The monoisotopic (exact) mass is 272 g/mol. The molecule has 0 fully saturated rings. The van der Waals surface area contributed by atoms with Crippen molar-refractivity contribution in [3.05, 3.63) is 29.8 Å². The summed E-state index contributed by atoms with van der Waals surface area (Å²) in [5, 5.41) is 7.22. The Bertz CT molecular complexity index is 570. The fourth-order valence-electron chi connectivity index (χ4n) is 1.08. The van der Waals surface area contributed by atoms with E-state index in [0.717, 1.165) is 7.11 Å². The number of nitrogen functional groups attached to an aromatic ring is 1. The van der Waals surface area contributed by atoms with Crippen molar-refractivity contribution in [2.24, 2.45) is 5.73 Å². The number of ether oxygens (including phenoxy) is 1. The molecule has 0 aliphatic carbocycles. The van der Waals surface area contributed by atoms with E-state index in [2.05, 4.69) is 9.46 Å². The van der Waals surface area contributed by atoms with Gasteiger partial charge in [0.15, 0.2) is 0 Å². The van der Waals surface area contributed by atoms with Gasteiger partial charge in [0, 0.05) is 5.56 Å². The number of carbonyl (C=O) groups is 1. The van der Waals surface area contributed by atoms with Crippen molar-refractivity contribution >= 4 is 27.8 Å². The Kier molecular flexibility index (Phi) is 4.10. The molecular formula is C9H12N4O4S. The molecule has 0 aliphatic rings. The van der Waals surface area contributed by atoms with E-state index in [4.69, 9.17) is 11.1 Å². The van der Waals surface area contributed by atoms with Crippen LogP contribution >= 0.6 is 0 Å². The van der Waals surface area contributed by atoms with Crippen LogP contribution in [0.25, 0.3) is 0 Å². The highest BCUT2D eigenvalue weighted by molar-refractivity contribution is 7.91. The smallest absolute Gasteiger partial charge is 0.422 e. The van der Waals surface area contributed by atoms with Gasteiger partial charge in [0.05, 0.1) is 12.8 Å². The number of rotatable bonds is 4. The Labute approximate surface area is 104 Å². The van der Waals surface area contributed by atoms with Gasteiger partial charge >= 0.3 is 16.3 Å². The number of carbonyl (C=O) groups excluding carboxylic acids is 1. The van der Waals surface area contributed by atoms with Gasteiger partial charge in [0.25, 0.3) is 0 Å². The number of methoxy groups -OCH3 is 1. The molecule has 0 saturated carbocycles. The molecule has 98 valence electrons. The topological polar surface area (TPSA) is 134 Å². The third-order valence-corrected chi connectivity index (χ3v) is 2.77. The minimum absolute atomic E-state index is 0.166. The van der Waals surface area contributed by atoms with Gasteiger partial charge < -0.3 is 10.5 Å². The van der Waals surface area contributed by atoms with Crippen molar-refractivity contribution in [3.8, 4) is 0 Å². The lowest BCUT2D eigenvalue weighted by Gasteiger charge is -2.09. The molecule has 1 amide bonds. The zero-order valence-corrected chi connectivity index (χ0v) is 10.2. The summed E-state index contributed by atoms with van der Waals surface area (Å²) in [5.74, 6) is -0.197. The van der Waals surface area contributed by atoms with Gasteiger partial charge in [-0.3, -0.25) is 10.1 Å². The number of nitrogens with one attached hydrogen (secondary N) is 3. The minimum Gasteiger partial charge on any atom is -0.452 e. The summed E-state index contributed by atoms with van der Waals surface area (Å²) in [5.41, 5.74) is 5.79. The average Bonchev–Trinajstić information content (AvgIpc) is 2.27. The first-order chi connectivity index (χ1) is 8.34. The zero-order chi connectivity index (χ0) is 13.8. The summed E-state index contributed by atoms with van der Waals surface area (Å²) in [6, 6.07) is 5.88. The van der Waals surface area contributed by atoms with Crippen LogP contribution in [0.4, 0.5) is 10.5 Å². The van der Waals surface area contributed by atoms with Crippen LogP contribution in [0.2, 0.25) is 0 Å². The van der Waals surface area contributed by atoms with Gasteiger partial charge in [-0.05, 0) is 12.1 Å². The van der Waals surface area contributed by atoms with E-state index in [-0.39, 0.29) is 11.5 Å². The van der Waals surface area contributed by atoms with Gasteiger partial charge in [-0.15, -0.1) is 0 Å². The van der Waals surface area contributed by atoms with Crippen LogP contribution in [0.1, 0.15) is 5.56 Å². The molecule has 1 aromatic carbocycles. The molecule has 8 nitrogen and oxygen atoms in total. The third kappa shape index (κ3) is 3.94. The fraction of sp³-hybridized carbons (Fsp3) is 0.111. The molecule has 0 spiro atoms. The number of nitrogens with two attached hydrogens (primary N) is 1. The number of amidine groups is 1. The van der Waals surface area contributed by atoms with E-state index in [0.29, 0.717) is 5.56 Å². The predicted octanol–water partition coefficient (Wildman–Crippen LogP) is -0.0166.